The van der Waals surface area contributed by atoms with E-state index in [4.69, 9.17) is 0 Å². The number of benzene rings is 2. The minimum absolute atomic E-state index is 0.0654. The first kappa shape index (κ1) is 18.1. The van der Waals surface area contributed by atoms with Gasteiger partial charge in [0.25, 0.3) is 0 Å². The molecule has 0 saturated heterocycles. The Labute approximate surface area is 155 Å². The first-order valence-corrected chi connectivity index (χ1v) is 9.25. The summed E-state index contributed by atoms with van der Waals surface area (Å²) in [6.45, 7) is 4.28. The zero-order valence-electron chi connectivity index (χ0n) is 14.6. The Morgan fingerprint density at radius 2 is 1.81 bits per heavy atom. The molecule has 0 unspecified atom stereocenters. The topological polar surface area (TPSA) is 51.0 Å². The van der Waals surface area contributed by atoms with Crippen LogP contribution >= 0.6 is 11.8 Å². The van der Waals surface area contributed by atoms with E-state index >= 15 is 0 Å². The molecule has 0 saturated carbocycles. The van der Waals surface area contributed by atoms with E-state index in [1.807, 2.05) is 48.7 Å². The lowest BCUT2D eigenvalue weighted by atomic mass is 10.3. The largest absolute Gasteiger partial charge is 0.312 e. The van der Waals surface area contributed by atoms with Crippen LogP contribution in [0.15, 0.2) is 59.8 Å². The van der Waals surface area contributed by atoms with Crippen molar-refractivity contribution in [2.45, 2.75) is 19.0 Å². The van der Waals surface area contributed by atoms with Gasteiger partial charge in [-0.2, -0.15) is 0 Å². The Morgan fingerprint density at radius 3 is 2.46 bits per heavy atom. The Bertz CT molecular complexity index is 880. The number of hydrogen-bond acceptors (Lipinski definition) is 4. The van der Waals surface area contributed by atoms with E-state index in [9.17, 15) is 9.18 Å². The summed E-state index contributed by atoms with van der Waals surface area (Å²) in [7, 11) is 0. The molecule has 26 heavy (non-hydrogen) atoms. The van der Waals surface area contributed by atoms with Gasteiger partial charge in [-0.05, 0) is 50.2 Å². The molecule has 0 aliphatic rings. The van der Waals surface area contributed by atoms with Crippen molar-refractivity contribution in [2.24, 2.45) is 0 Å². The number of hydrogen-bond donors (Lipinski definition) is 0. The molecular formula is C19H19FN4OS. The predicted molar refractivity (Wildman–Crippen MR) is 101 cm³/mol. The third kappa shape index (κ3) is 3.94. The maximum absolute atomic E-state index is 13.1. The molecule has 0 fully saturated rings. The van der Waals surface area contributed by atoms with Gasteiger partial charge in [0.15, 0.2) is 5.16 Å². The van der Waals surface area contributed by atoms with Gasteiger partial charge in [0, 0.05) is 17.9 Å². The molecule has 5 nitrogen and oxygen atoms in total. The second-order valence-electron chi connectivity index (χ2n) is 5.60. The molecule has 134 valence electrons. The summed E-state index contributed by atoms with van der Waals surface area (Å²) in [6, 6.07) is 15.7. The van der Waals surface area contributed by atoms with Crippen molar-refractivity contribution >= 4 is 23.4 Å². The Kier molecular flexibility index (Phi) is 5.68. The van der Waals surface area contributed by atoms with Crippen molar-refractivity contribution in [3.63, 3.8) is 0 Å². The Balaban J connectivity index is 1.75. The number of thioether (sulfide) groups is 1. The van der Waals surface area contributed by atoms with E-state index in [2.05, 4.69) is 10.2 Å². The van der Waals surface area contributed by atoms with Gasteiger partial charge >= 0.3 is 0 Å². The number of carbonyl (C=O) groups excluding carboxylic acids is 1. The maximum Gasteiger partial charge on any atom is 0.237 e. The first-order chi connectivity index (χ1) is 12.6. The smallest absolute Gasteiger partial charge is 0.237 e. The van der Waals surface area contributed by atoms with Crippen LogP contribution in [0.1, 0.15) is 12.7 Å². The van der Waals surface area contributed by atoms with Crippen LogP contribution in [0, 0.1) is 12.7 Å². The number of aryl methyl sites for hydroxylation is 1. The summed E-state index contributed by atoms with van der Waals surface area (Å²) < 4.78 is 15.0. The molecule has 1 heterocycles. The molecule has 0 aliphatic carbocycles. The van der Waals surface area contributed by atoms with Gasteiger partial charge in [-0.25, -0.2) is 4.39 Å². The highest BCUT2D eigenvalue weighted by atomic mass is 32.2. The van der Waals surface area contributed by atoms with Gasteiger partial charge in [0.2, 0.25) is 5.91 Å². The highest BCUT2D eigenvalue weighted by molar-refractivity contribution is 7.99. The van der Waals surface area contributed by atoms with Crippen LogP contribution < -0.4 is 4.90 Å². The van der Waals surface area contributed by atoms with Crippen molar-refractivity contribution < 1.29 is 9.18 Å². The fraction of sp³-hybridized carbons (Fsp3) is 0.211. The fourth-order valence-corrected chi connectivity index (χ4v) is 3.51. The van der Waals surface area contributed by atoms with Crippen LogP contribution in [-0.2, 0) is 4.79 Å². The van der Waals surface area contributed by atoms with Crippen molar-refractivity contribution in [3.8, 4) is 5.69 Å². The van der Waals surface area contributed by atoms with Gasteiger partial charge in [0.05, 0.1) is 5.75 Å². The third-order valence-electron chi connectivity index (χ3n) is 3.89. The summed E-state index contributed by atoms with van der Waals surface area (Å²) in [5.41, 5.74) is 1.64. The van der Waals surface area contributed by atoms with E-state index < -0.39 is 0 Å². The average molecular weight is 370 g/mol. The SMILES string of the molecule is CCN(C(=O)CSc1nnc(C)n1-c1ccccc1)c1ccc(F)cc1. The van der Waals surface area contributed by atoms with E-state index in [-0.39, 0.29) is 17.5 Å². The lowest BCUT2D eigenvalue weighted by Crippen LogP contribution is -2.32. The lowest BCUT2D eigenvalue weighted by Gasteiger charge is -2.20. The number of para-hydroxylation sites is 1. The Morgan fingerprint density at radius 1 is 1.12 bits per heavy atom. The van der Waals surface area contributed by atoms with Crippen LogP contribution in [0.3, 0.4) is 0 Å². The molecule has 2 aromatic carbocycles. The first-order valence-electron chi connectivity index (χ1n) is 8.26. The van der Waals surface area contributed by atoms with Crippen LogP contribution in [0.5, 0.6) is 0 Å². The lowest BCUT2D eigenvalue weighted by molar-refractivity contribution is -0.116. The summed E-state index contributed by atoms with van der Waals surface area (Å²) >= 11 is 1.34. The number of rotatable bonds is 6. The minimum Gasteiger partial charge on any atom is -0.312 e. The number of aromatic nitrogens is 3. The van der Waals surface area contributed by atoms with Gasteiger partial charge in [0.1, 0.15) is 11.6 Å². The molecular weight excluding hydrogens is 351 g/mol. The average Bonchev–Trinajstić information content (AvgIpc) is 3.03. The molecule has 0 atom stereocenters. The van der Waals surface area contributed by atoms with E-state index in [1.165, 1.54) is 23.9 Å². The van der Waals surface area contributed by atoms with Crippen molar-refractivity contribution in [2.75, 3.05) is 17.2 Å². The highest BCUT2D eigenvalue weighted by Gasteiger charge is 2.17. The molecule has 0 bridgehead atoms. The molecule has 0 aliphatic heterocycles. The standard InChI is InChI=1S/C19H19FN4OS/c1-3-23(16-11-9-15(20)10-12-16)18(25)13-26-19-22-21-14(2)24(19)17-7-5-4-6-8-17/h4-12H,3,13H2,1-2H3. The third-order valence-corrected chi connectivity index (χ3v) is 4.80. The maximum atomic E-state index is 13.1. The second kappa shape index (κ2) is 8.14. The number of anilines is 1. The monoisotopic (exact) mass is 370 g/mol. The van der Waals surface area contributed by atoms with Crippen LogP contribution in [-0.4, -0.2) is 33.0 Å². The molecule has 1 aromatic heterocycles. The molecule has 1 amide bonds. The molecule has 7 heteroatoms. The number of amides is 1. The van der Waals surface area contributed by atoms with Crippen molar-refractivity contribution in [1.82, 2.24) is 14.8 Å². The minimum atomic E-state index is -0.321. The van der Waals surface area contributed by atoms with E-state index in [0.717, 1.165) is 11.5 Å². The number of halogens is 1. The van der Waals surface area contributed by atoms with Gasteiger partial charge in [-0.3, -0.25) is 9.36 Å². The highest BCUT2D eigenvalue weighted by Crippen LogP contribution is 2.23. The predicted octanol–water partition coefficient (Wildman–Crippen LogP) is 3.86. The fourth-order valence-electron chi connectivity index (χ4n) is 2.64. The number of nitrogens with zero attached hydrogens (tertiary/aromatic N) is 4. The van der Waals surface area contributed by atoms with Gasteiger partial charge in [-0.15, -0.1) is 10.2 Å². The summed E-state index contributed by atoms with van der Waals surface area (Å²) in [6.07, 6.45) is 0. The van der Waals surface area contributed by atoms with Crippen LogP contribution in [0.2, 0.25) is 0 Å². The van der Waals surface area contributed by atoms with Crippen LogP contribution in [0.4, 0.5) is 10.1 Å². The normalized spacial score (nSPS) is 10.7. The quantitative estimate of drug-likeness (QED) is 0.618. The second-order valence-corrected chi connectivity index (χ2v) is 6.55. The van der Waals surface area contributed by atoms with E-state index in [1.54, 1.807) is 17.0 Å². The van der Waals surface area contributed by atoms with Crippen molar-refractivity contribution in [3.05, 3.63) is 66.2 Å². The molecule has 0 radical (unpaired) electrons. The zero-order chi connectivity index (χ0) is 18.5. The van der Waals surface area contributed by atoms with Crippen LogP contribution in [0.25, 0.3) is 5.69 Å². The van der Waals surface area contributed by atoms with Gasteiger partial charge < -0.3 is 4.90 Å². The molecule has 0 N–H and O–H groups in total. The van der Waals surface area contributed by atoms with Gasteiger partial charge in [-0.1, -0.05) is 30.0 Å². The summed E-state index contributed by atoms with van der Waals surface area (Å²) in [4.78, 5) is 14.3. The molecule has 3 aromatic rings. The Hall–Kier alpha value is -2.67. The van der Waals surface area contributed by atoms with Crippen molar-refractivity contribution in [1.29, 1.82) is 0 Å². The summed E-state index contributed by atoms with van der Waals surface area (Å²) in [5.74, 6) is 0.593. The summed E-state index contributed by atoms with van der Waals surface area (Å²) in [5, 5.41) is 8.98. The molecule has 3 rings (SSSR count). The molecule has 0 spiro atoms. The van der Waals surface area contributed by atoms with E-state index in [0.29, 0.717) is 17.4 Å². The number of carbonyl (C=O) groups is 1. The zero-order valence-corrected chi connectivity index (χ0v) is 15.4.